The van der Waals surface area contributed by atoms with E-state index in [0.29, 0.717) is 11.5 Å². The molecule has 3 aliphatic heterocycles. The highest BCUT2D eigenvalue weighted by Gasteiger charge is 2.54. The predicted octanol–water partition coefficient (Wildman–Crippen LogP) is 2.37. The number of likely N-dealkylation sites (tertiary alicyclic amines) is 2. The van der Waals surface area contributed by atoms with E-state index in [-0.39, 0.29) is 36.9 Å². The molecule has 36 heavy (non-hydrogen) atoms. The van der Waals surface area contributed by atoms with E-state index in [2.05, 4.69) is 22.3 Å². The molecule has 0 bridgehead atoms. The largest absolute Gasteiger partial charge is 0.377 e. The normalized spacial score (nSPS) is 28.3. The van der Waals surface area contributed by atoms with Gasteiger partial charge in [-0.25, -0.2) is 0 Å². The van der Waals surface area contributed by atoms with Crippen molar-refractivity contribution in [2.75, 3.05) is 33.4 Å². The number of hydrogen-bond donors (Lipinski definition) is 1. The van der Waals surface area contributed by atoms with E-state index in [9.17, 15) is 14.4 Å². The molecule has 8 heteroatoms. The summed E-state index contributed by atoms with van der Waals surface area (Å²) in [6.07, 6.45) is 4.21. The number of rotatable bonds is 6. The standard InChI is InChI=1S/C28H39N3O5/c1-28(2,3)25(27(34)31-15-22(35-4)24-23(31)21(32)16-36-24)29-26(33)19-7-5-17(6-8-19)18-11-13-30(14-12-18)20-9-10-20/h5-8,18,20,22-25H,9-16H2,1-4H3,(H,29,33)/t22-,23+,24+,25+/m0/s1. The fourth-order valence-electron chi connectivity index (χ4n) is 6.02. The molecule has 1 aliphatic carbocycles. The van der Waals surface area contributed by atoms with Gasteiger partial charge in [0.1, 0.15) is 30.9 Å². The van der Waals surface area contributed by atoms with Crippen LogP contribution >= 0.6 is 0 Å². The van der Waals surface area contributed by atoms with Gasteiger partial charge in [-0.15, -0.1) is 0 Å². The number of nitrogens with one attached hydrogen (secondary N) is 1. The average molecular weight is 498 g/mol. The van der Waals surface area contributed by atoms with Gasteiger partial charge in [0.15, 0.2) is 5.78 Å². The Bertz CT molecular complexity index is 991. The Hall–Kier alpha value is -2.29. The molecule has 0 unspecified atom stereocenters. The van der Waals surface area contributed by atoms with Gasteiger partial charge in [0.25, 0.3) is 5.91 Å². The molecule has 0 aromatic heterocycles. The zero-order valence-electron chi connectivity index (χ0n) is 21.9. The maximum atomic E-state index is 13.7. The molecule has 1 saturated carbocycles. The highest BCUT2D eigenvalue weighted by Crippen LogP contribution is 2.35. The smallest absolute Gasteiger partial charge is 0.251 e. The van der Waals surface area contributed by atoms with E-state index in [1.807, 2.05) is 32.9 Å². The molecular formula is C28H39N3O5. The number of piperidine rings is 1. The number of hydrogen-bond acceptors (Lipinski definition) is 6. The minimum atomic E-state index is -0.791. The SMILES string of the molecule is CO[C@H]1CN(C(=O)[C@@H](NC(=O)c2ccc(C3CCN(C4CC4)CC3)cc2)C(C)(C)C)[C@@H]2C(=O)CO[C@H]12. The van der Waals surface area contributed by atoms with Gasteiger partial charge < -0.3 is 24.6 Å². The van der Waals surface area contributed by atoms with Gasteiger partial charge in [-0.05, 0) is 67.8 Å². The monoisotopic (exact) mass is 497 g/mol. The molecule has 1 aromatic rings. The van der Waals surface area contributed by atoms with E-state index >= 15 is 0 Å². The summed E-state index contributed by atoms with van der Waals surface area (Å²) in [7, 11) is 1.56. The molecule has 8 nitrogen and oxygen atoms in total. The summed E-state index contributed by atoms with van der Waals surface area (Å²) in [5, 5.41) is 2.97. The third-order valence-corrected chi connectivity index (χ3v) is 8.35. The van der Waals surface area contributed by atoms with Crippen LogP contribution in [-0.2, 0) is 19.1 Å². The number of carbonyl (C=O) groups is 3. The molecule has 3 heterocycles. The van der Waals surface area contributed by atoms with Crippen molar-refractivity contribution in [1.29, 1.82) is 0 Å². The van der Waals surface area contributed by atoms with Crippen LogP contribution in [0.2, 0.25) is 0 Å². The zero-order chi connectivity index (χ0) is 25.6. The van der Waals surface area contributed by atoms with E-state index < -0.39 is 23.6 Å². The van der Waals surface area contributed by atoms with E-state index in [1.54, 1.807) is 12.0 Å². The topological polar surface area (TPSA) is 88.2 Å². The number of fused-ring (bicyclic) bond motifs is 1. The first-order valence-corrected chi connectivity index (χ1v) is 13.3. The van der Waals surface area contributed by atoms with Crippen LogP contribution in [0, 0.1) is 5.41 Å². The highest BCUT2D eigenvalue weighted by molar-refractivity contribution is 5.99. The second-order valence-corrected chi connectivity index (χ2v) is 11.9. The minimum Gasteiger partial charge on any atom is -0.377 e. The van der Waals surface area contributed by atoms with Crippen LogP contribution in [0.15, 0.2) is 24.3 Å². The maximum absolute atomic E-state index is 13.7. The molecule has 196 valence electrons. The van der Waals surface area contributed by atoms with Crippen molar-refractivity contribution in [3.63, 3.8) is 0 Å². The van der Waals surface area contributed by atoms with E-state index in [4.69, 9.17) is 9.47 Å². The Morgan fingerprint density at radius 1 is 1.08 bits per heavy atom. The molecule has 4 fully saturated rings. The highest BCUT2D eigenvalue weighted by atomic mass is 16.5. The predicted molar refractivity (Wildman–Crippen MR) is 135 cm³/mol. The molecule has 1 aromatic carbocycles. The first-order valence-electron chi connectivity index (χ1n) is 13.3. The lowest BCUT2D eigenvalue weighted by atomic mass is 9.85. The van der Waals surface area contributed by atoms with Gasteiger partial charge in [0.2, 0.25) is 5.91 Å². The molecule has 3 saturated heterocycles. The van der Waals surface area contributed by atoms with Gasteiger partial charge in [0.05, 0.1) is 6.54 Å². The fraction of sp³-hybridized carbons (Fsp3) is 0.679. The fourth-order valence-corrected chi connectivity index (χ4v) is 6.02. The maximum Gasteiger partial charge on any atom is 0.251 e. The summed E-state index contributed by atoms with van der Waals surface area (Å²) < 4.78 is 11.1. The summed E-state index contributed by atoms with van der Waals surface area (Å²) in [6.45, 7) is 8.32. The zero-order valence-corrected chi connectivity index (χ0v) is 21.9. The Kier molecular flexibility index (Phi) is 6.96. The van der Waals surface area contributed by atoms with Crippen LogP contribution in [0.5, 0.6) is 0 Å². The van der Waals surface area contributed by atoms with Gasteiger partial charge >= 0.3 is 0 Å². The molecule has 4 aliphatic rings. The third kappa shape index (κ3) is 4.95. The number of benzene rings is 1. The van der Waals surface area contributed by atoms with Crippen molar-refractivity contribution >= 4 is 17.6 Å². The number of nitrogens with zero attached hydrogens (tertiary/aromatic N) is 2. The number of ether oxygens (including phenoxy) is 2. The second-order valence-electron chi connectivity index (χ2n) is 11.9. The second kappa shape index (κ2) is 9.88. The Morgan fingerprint density at radius 2 is 1.75 bits per heavy atom. The molecule has 5 rings (SSSR count). The lowest BCUT2D eigenvalue weighted by Gasteiger charge is -2.35. The first kappa shape index (κ1) is 25.4. The van der Waals surface area contributed by atoms with Gasteiger partial charge in [-0.2, -0.15) is 0 Å². The van der Waals surface area contributed by atoms with Crippen molar-refractivity contribution in [2.24, 2.45) is 5.41 Å². The third-order valence-electron chi connectivity index (χ3n) is 8.35. The average Bonchev–Trinajstić information content (AvgIpc) is 3.55. The van der Waals surface area contributed by atoms with Gasteiger partial charge in [-0.3, -0.25) is 14.4 Å². The van der Waals surface area contributed by atoms with Crippen LogP contribution in [0.3, 0.4) is 0 Å². The van der Waals surface area contributed by atoms with Crippen molar-refractivity contribution < 1.29 is 23.9 Å². The van der Waals surface area contributed by atoms with Crippen molar-refractivity contribution in [2.45, 2.75) is 82.7 Å². The number of Topliss-reactive ketones (excluding diaryl/α,β-unsaturated/α-hetero) is 1. The van der Waals surface area contributed by atoms with Gasteiger partial charge in [-0.1, -0.05) is 32.9 Å². The summed E-state index contributed by atoms with van der Waals surface area (Å²) in [4.78, 5) is 43.6. The molecule has 2 amide bonds. The summed E-state index contributed by atoms with van der Waals surface area (Å²) in [5.74, 6) is -0.149. The Balaban J connectivity index is 1.25. The van der Waals surface area contributed by atoms with Crippen LogP contribution < -0.4 is 5.32 Å². The first-order chi connectivity index (χ1) is 17.2. The van der Waals surface area contributed by atoms with Crippen molar-refractivity contribution in [1.82, 2.24) is 15.1 Å². The lowest BCUT2D eigenvalue weighted by molar-refractivity contribution is -0.140. The summed E-state index contributed by atoms with van der Waals surface area (Å²) >= 11 is 0. The summed E-state index contributed by atoms with van der Waals surface area (Å²) in [6, 6.07) is 7.22. The number of amides is 2. The lowest BCUT2D eigenvalue weighted by Crippen LogP contribution is -2.57. The van der Waals surface area contributed by atoms with Crippen LogP contribution in [0.4, 0.5) is 0 Å². The van der Waals surface area contributed by atoms with Gasteiger partial charge in [0, 0.05) is 18.7 Å². The van der Waals surface area contributed by atoms with Crippen molar-refractivity contribution in [3.8, 4) is 0 Å². The minimum absolute atomic E-state index is 0.0164. The Morgan fingerprint density at radius 3 is 2.33 bits per heavy atom. The Labute approximate surface area is 213 Å². The van der Waals surface area contributed by atoms with E-state index in [1.165, 1.54) is 18.4 Å². The number of carbonyl (C=O) groups excluding carboxylic acids is 3. The van der Waals surface area contributed by atoms with Crippen LogP contribution in [0.25, 0.3) is 0 Å². The molecular weight excluding hydrogens is 458 g/mol. The molecule has 4 atom stereocenters. The van der Waals surface area contributed by atoms with Crippen molar-refractivity contribution in [3.05, 3.63) is 35.4 Å². The molecule has 0 spiro atoms. The molecule has 1 N–H and O–H groups in total. The van der Waals surface area contributed by atoms with Crippen LogP contribution in [0.1, 0.15) is 68.3 Å². The summed E-state index contributed by atoms with van der Waals surface area (Å²) in [5.41, 5.74) is 1.26. The molecule has 0 radical (unpaired) electrons. The number of methoxy groups -OCH3 is 1. The number of ketones is 1. The van der Waals surface area contributed by atoms with E-state index in [0.717, 1.165) is 32.0 Å². The quantitative estimate of drug-likeness (QED) is 0.649. The van der Waals surface area contributed by atoms with Crippen LogP contribution in [-0.4, -0.2) is 91.1 Å².